The summed E-state index contributed by atoms with van der Waals surface area (Å²) in [6.45, 7) is 8.75. The number of likely N-dealkylation sites (N-methyl/N-ethyl adjacent to an activating group) is 1. The number of aromatic nitrogens is 2. The zero-order valence-corrected chi connectivity index (χ0v) is 28.0. The zero-order valence-electron chi connectivity index (χ0n) is 28.0. The van der Waals surface area contributed by atoms with Crippen LogP contribution < -0.4 is 10.2 Å². The fourth-order valence-electron chi connectivity index (χ4n) is 8.21. The predicted molar refractivity (Wildman–Crippen MR) is 178 cm³/mol. The van der Waals surface area contributed by atoms with E-state index in [2.05, 4.69) is 23.8 Å². The normalized spacial score (nSPS) is 28.0. The Morgan fingerprint density at radius 1 is 1.08 bits per heavy atom. The Bertz CT molecular complexity index is 1520. The minimum Gasteiger partial charge on any atom is -0.381 e. The van der Waals surface area contributed by atoms with Crippen LogP contribution in [0.4, 0.5) is 5.82 Å². The maximum Gasteiger partial charge on any atom is 0.251 e. The minimum atomic E-state index is -0.800. The summed E-state index contributed by atoms with van der Waals surface area (Å²) < 4.78 is 7.39. The van der Waals surface area contributed by atoms with Crippen LogP contribution in [0.3, 0.4) is 0 Å². The van der Waals surface area contributed by atoms with Crippen LogP contribution >= 0.6 is 0 Å². The summed E-state index contributed by atoms with van der Waals surface area (Å²) in [6, 6.07) is 10.1. The van der Waals surface area contributed by atoms with Crippen LogP contribution in [-0.4, -0.2) is 102 Å². The van der Waals surface area contributed by atoms with Crippen molar-refractivity contribution in [2.45, 2.75) is 81.8 Å². The Labute approximate surface area is 282 Å². The Hall–Kier alpha value is -4.08. The quantitative estimate of drug-likeness (QED) is 0.427. The van der Waals surface area contributed by atoms with Gasteiger partial charge in [-0.15, -0.1) is 0 Å². The average Bonchev–Trinajstić information content (AvgIpc) is 4.01. The molecule has 1 aromatic carbocycles. The van der Waals surface area contributed by atoms with Gasteiger partial charge in [0, 0.05) is 62.7 Å². The van der Waals surface area contributed by atoms with Crippen molar-refractivity contribution < 1.29 is 23.9 Å². The highest BCUT2D eigenvalue weighted by molar-refractivity contribution is 6.04. The molecule has 4 aliphatic heterocycles. The second kappa shape index (κ2) is 14.6. The van der Waals surface area contributed by atoms with E-state index in [1.807, 2.05) is 41.9 Å². The van der Waals surface area contributed by atoms with Gasteiger partial charge in [-0.3, -0.25) is 24.1 Å². The van der Waals surface area contributed by atoms with E-state index in [9.17, 15) is 19.2 Å². The Morgan fingerprint density at radius 2 is 1.81 bits per heavy atom. The molecule has 2 aliphatic carbocycles. The SMILES string of the molecule is C#N.CCN1C(=O)C(NC(=O)CN2CC(c3ccccc3)CC2=O)C(C2CC2)c2c(C=O)nn(C3CCOCC3)c21.CN1CCC2CC21. The van der Waals surface area contributed by atoms with Crippen molar-refractivity contribution in [1.29, 1.82) is 5.26 Å². The fourth-order valence-corrected chi connectivity index (χ4v) is 8.21. The second-order valence-electron chi connectivity index (χ2n) is 13.9. The van der Waals surface area contributed by atoms with Gasteiger partial charge < -0.3 is 19.9 Å². The number of carbonyl (C=O) groups excluding carboxylic acids is 4. The molecule has 2 saturated carbocycles. The number of likely N-dealkylation sites (tertiary alicyclic amines) is 2. The summed E-state index contributed by atoms with van der Waals surface area (Å²) in [4.78, 5) is 58.0. The standard InChI is InChI=1S/C29H35N5O5.C6H11N.CHN/c1-2-33-28-26(22(17-35)31-34(28)21-10-12-39-13-11-21)25(19-8-9-19)27(29(33)38)30-23(36)16-32-15-20(14-24(32)37)18-6-4-3-5-7-18;1-7-3-2-5-4-6(5)7;1-2/h3-7,17,19-21,25,27H,2,8-16H2,1H3,(H,30,36);5-6H,2-4H2,1H3;1H. The third-order valence-electron chi connectivity index (χ3n) is 11.0. The molecule has 0 radical (unpaired) electrons. The lowest BCUT2D eigenvalue weighted by atomic mass is 9.82. The van der Waals surface area contributed by atoms with Crippen LogP contribution in [0, 0.1) is 23.7 Å². The lowest BCUT2D eigenvalue weighted by Crippen LogP contribution is -2.57. The van der Waals surface area contributed by atoms with Gasteiger partial charge in [0.15, 0.2) is 6.29 Å². The van der Waals surface area contributed by atoms with Crippen LogP contribution in [0.2, 0.25) is 0 Å². The van der Waals surface area contributed by atoms with Crippen LogP contribution in [0.15, 0.2) is 30.3 Å². The van der Waals surface area contributed by atoms with Gasteiger partial charge >= 0.3 is 0 Å². The summed E-state index contributed by atoms with van der Waals surface area (Å²) in [5.41, 5.74) is 2.20. The number of hydrogen-bond donors (Lipinski definition) is 1. The molecule has 8 rings (SSSR count). The van der Waals surface area contributed by atoms with Gasteiger partial charge in [0.05, 0.1) is 12.6 Å². The molecule has 5 fully saturated rings. The molecule has 0 bridgehead atoms. The molecule has 2 aromatic rings. The van der Waals surface area contributed by atoms with E-state index in [1.54, 1.807) is 9.80 Å². The third-order valence-corrected chi connectivity index (χ3v) is 11.0. The van der Waals surface area contributed by atoms with Crippen LogP contribution in [-0.2, 0) is 19.1 Å². The molecule has 6 aliphatic rings. The predicted octanol–water partition coefficient (Wildman–Crippen LogP) is 3.26. The van der Waals surface area contributed by atoms with Gasteiger partial charge in [0.1, 0.15) is 17.6 Å². The van der Waals surface area contributed by atoms with Crippen molar-refractivity contribution in [3.8, 4) is 6.57 Å². The molecule has 0 spiro atoms. The van der Waals surface area contributed by atoms with Gasteiger partial charge in [0.2, 0.25) is 11.8 Å². The average molecular weight is 658 g/mol. The van der Waals surface area contributed by atoms with Crippen molar-refractivity contribution in [2.75, 3.05) is 51.3 Å². The highest BCUT2D eigenvalue weighted by atomic mass is 16.5. The van der Waals surface area contributed by atoms with Crippen molar-refractivity contribution >= 4 is 29.8 Å². The van der Waals surface area contributed by atoms with Crippen molar-refractivity contribution in [3.05, 3.63) is 47.2 Å². The van der Waals surface area contributed by atoms with Crippen LogP contribution in [0.25, 0.3) is 0 Å². The van der Waals surface area contributed by atoms with Crippen LogP contribution in [0.5, 0.6) is 0 Å². The molecular formula is C36H47N7O5. The first-order valence-corrected chi connectivity index (χ1v) is 17.4. The lowest BCUT2D eigenvalue weighted by Gasteiger charge is -2.39. The van der Waals surface area contributed by atoms with Gasteiger partial charge in [0.25, 0.3) is 5.91 Å². The summed E-state index contributed by atoms with van der Waals surface area (Å²) in [7, 11) is 2.23. The van der Waals surface area contributed by atoms with Crippen molar-refractivity contribution in [3.63, 3.8) is 0 Å². The van der Waals surface area contributed by atoms with Crippen LogP contribution in [0.1, 0.15) is 91.4 Å². The number of amides is 3. The van der Waals surface area contributed by atoms with E-state index >= 15 is 0 Å². The molecule has 5 atom stereocenters. The number of nitrogens with one attached hydrogen (secondary N) is 1. The molecular weight excluding hydrogens is 610 g/mol. The number of carbonyl (C=O) groups is 4. The highest BCUT2D eigenvalue weighted by Gasteiger charge is 2.51. The second-order valence-corrected chi connectivity index (χ2v) is 13.9. The molecule has 5 unspecified atom stereocenters. The fraction of sp³-hybridized carbons (Fsp3) is 0.611. The first-order chi connectivity index (χ1) is 23.4. The number of anilines is 1. The molecule has 1 aromatic heterocycles. The Kier molecular flexibility index (Phi) is 10.3. The van der Waals surface area contributed by atoms with E-state index in [-0.39, 0.29) is 48.1 Å². The number of rotatable bonds is 8. The first-order valence-electron chi connectivity index (χ1n) is 17.4. The Balaban J connectivity index is 0.000000387. The molecule has 48 heavy (non-hydrogen) atoms. The van der Waals surface area contributed by atoms with Gasteiger partial charge in [-0.25, -0.2) is 9.94 Å². The van der Waals surface area contributed by atoms with E-state index in [0.29, 0.717) is 44.2 Å². The number of hydrogen-bond acceptors (Lipinski definition) is 8. The van der Waals surface area contributed by atoms with E-state index in [1.165, 1.54) is 19.4 Å². The summed E-state index contributed by atoms with van der Waals surface area (Å²) in [5.74, 6) is 1.13. The van der Waals surface area contributed by atoms with Gasteiger partial charge in [-0.2, -0.15) is 5.10 Å². The molecule has 3 amide bonds. The number of aldehydes is 1. The maximum atomic E-state index is 13.9. The number of piperidine rings is 1. The smallest absolute Gasteiger partial charge is 0.251 e. The van der Waals surface area contributed by atoms with E-state index in [4.69, 9.17) is 15.1 Å². The van der Waals surface area contributed by atoms with Gasteiger partial charge in [-0.05, 0) is 76.4 Å². The number of fused-ring (bicyclic) bond motifs is 2. The molecule has 1 N–H and O–H groups in total. The van der Waals surface area contributed by atoms with Crippen molar-refractivity contribution in [1.82, 2.24) is 24.9 Å². The number of ether oxygens (including phenoxy) is 1. The van der Waals surface area contributed by atoms with E-state index in [0.717, 1.165) is 55.1 Å². The molecule has 3 saturated heterocycles. The third kappa shape index (κ3) is 6.76. The molecule has 256 valence electrons. The molecule has 12 heteroatoms. The highest BCUT2D eigenvalue weighted by Crippen LogP contribution is 2.51. The summed E-state index contributed by atoms with van der Waals surface area (Å²) in [6.07, 6.45) is 7.50. The van der Waals surface area contributed by atoms with E-state index < -0.39 is 6.04 Å². The van der Waals surface area contributed by atoms with Gasteiger partial charge in [-0.1, -0.05) is 30.3 Å². The maximum absolute atomic E-state index is 13.9. The topological polar surface area (TPSA) is 141 Å². The summed E-state index contributed by atoms with van der Waals surface area (Å²) >= 11 is 0. The summed E-state index contributed by atoms with van der Waals surface area (Å²) in [5, 5.41) is 14.2. The zero-order chi connectivity index (χ0) is 33.9. The number of nitriles is 1. The monoisotopic (exact) mass is 657 g/mol. The first kappa shape index (κ1) is 33.8. The lowest BCUT2D eigenvalue weighted by molar-refractivity contribution is -0.134. The largest absolute Gasteiger partial charge is 0.381 e. The molecule has 12 nitrogen and oxygen atoms in total. The minimum absolute atomic E-state index is 0.0475. The Morgan fingerprint density at radius 3 is 2.38 bits per heavy atom. The molecule has 5 heterocycles. The number of benzene rings is 1. The number of nitrogens with zero attached hydrogens (tertiary/aromatic N) is 6. The van der Waals surface area contributed by atoms with Crippen molar-refractivity contribution in [2.24, 2.45) is 11.8 Å².